The highest BCUT2D eigenvalue weighted by Gasteiger charge is 2.23. The van der Waals surface area contributed by atoms with Crippen LogP contribution in [0, 0.1) is 0 Å². The molecule has 0 saturated heterocycles. The van der Waals surface area contributed by atoms with Gasteiger partial charge in [0.25, 0.3) is 0 Å². The number of carbonyl (C=O) groups excluding carboxylic acids is 1. The van der Waals surface area contributed by atoms with E-state index in [1.807, 2.05) is 0 Å². The van der Waals surface area contributed by atoms with E-state index in [0.717, 1.165) is 25.7 Å². The second kappa shape index (κ2) is 5.14. The van der Waals surface area contributed by atoms with Crippen molar-refractivity contribution in [3.05, 3.63) is 23.9 Å². The molecule has 2 atom stereocenters. The van der Waals surface area contributed by atoms with Crippen molar-refractivity contribution in [2.75, 3.05) is 0 Å². The Balaban J connectivity index is 2.07. The molecule has 4 N–H and O–H groups in total. The molecule has 2 unspecified atom stereocenters. The van der Waals surface area contributed by atoms with Gasteiger partial charge in [0, 0.05) is 23.9 Å². The molecule has 1 heterocycles. The van der Waals surface area contributed by atoms with E-state index in [0.29, 0.717) is 11.4 Å². The molecule has 1 aromatic heterocycles. The van der Waals surface area contributed by atoms with Crippen LogP contribution in [0.25, 0.3) is 0 Å². The Morgan fingerprint density at radius 3 is 2.88 bits per heavy atom. The van der Waals surface area contributed by atoms with Crippen LogP contribution in [0.5, 0.6) is 5.88 Å². The fourth-order valence-corrected chi connectivity index (χ4v) is 2.05. The van der Waals surface area contributed by atoms with Crippen LogP contribution in [-0.4, -0.2) is 23.0 Å². The molecule has 0 aromatic carbocycles. The maximum absolute atomic E-state index is 11.0. The van der Waals surface area contributed by atoms with E-state index in [2.05, 4.69) is 4.98 Å². The average molecular weight is 235 g/mol. The van der Waals surface area contributed by atoms with Gasteiger partial charge in [-0.15, -0.1) is 0 Å². The molecule has 5 nitrogen and oxygen atoms in total. The summed E-state index contributed by atoms with van der Waals surface area (Å²) in [4.78, 5) is 15.1. The van der Waals surface area contributed by atoms with Gasteiger partial charge in [0.1, 0.15) is 6.10 Å². The molecule has 1 saturated carbocycles. The Bertz CT molecular complexity index is 408. The third-order valence-corrected chi connectivity index (χ3v) is 3.05. The summed E-state index contributed by atoms with van der Waals surface area (Å²) in [5.41, 5.74) is 11.6. The van der Waals surface area contributed by atoms with E-state index in [-0.39, 0.29) is 12.1 Å². The smallest absolute Gasteiger partial charge is 0.248 e. The predicted octanol–water partition coefficient (Wildman–Crippen LogP) is 0.829. The third-order valence-electron chi connectivity index (χ3n) is 3.05. The summed E-state index contributed by atoms with van der Waals surface area (Å²) in [6.07, 6.45) is 5.68. The molecule has 1 fully saturated rings. The highest BCUT2D eigenvalue weighted by Crippen LogP contribution is 2.21. The number of hydrogen-bond donors (Lipinski definition) is 2. The second-order valence-corrected chi connectivity index (χ2v) is 4.35. The van der Waals surface area contributed by atoms with Crippen LogP contribution in [0.2, 0.25) is 0 Å². The number of pyridine rings is 1. The van der Waals surface area contributed by atoms with Crippen molar-refractivity contribution in [1.29, 1.82) is 0 Å². The highest BCUT2D eigenvalue weighted by atomic mass is 16.5. The lowest BCUT2D eigenvalue weighted by molar-refractivity contribution is 0.0997. The van der Waals surface area contributed by atoms with Gasteiger partial charge in [-0.2, -0.15) is 0 Å². The molecule has 2 rings (SSSR count). The standard InChI is InChI=1S/C12H17N3O2/c13-9-3-1-2-4-10(9)17-11-7-8(12(14)16)5-6-15-11/h5-7,9-10H,1-4,13H2,(H2,14,16). The monoisotopic (exact) mass is 235 g/mol. The summed E-state index contributed by atoms with van der Waals surface area (Å²) in [6.45, 7) is 0. The third kappa shape index (κ3) is 2.94. The molecule has 92 valence electrons. The van der Waals surface area contributed by atoms with Gasteiger partial charge in [0.15, 0.2) is 0 Å². The molecule has 0 bridgehead atoms. The molecule has 1 amide bonds. The molecule has 0 spiro atoms. The van der Waals surface area contributed by atoms with E-state index in [9.17, 15) is 4.79 Å². The largest absolute Gasteiger partial charge is 0.473 e. The summed E-state index contributed by atoms with van der Waals surface area (Å²) in [5.74, 6) is -0.0613. The van der Waals surface area contributed by atoms with E-state index in [4.69, 9.17) is 16.2 Å². The first-order chi connectivity index (χ1) is 8.16. The van der Waals surface area contributed by atoms with Gasteiger partial charge in [0.2, 0.25) is 11.8 Å². The quantitative estimate of drug-likeness (QED) is 0.811. The van der Waals surface area contributed by atoms with Crippen LogP contribution >= 0.6 is 0 Å². The van der Waals surface area contributed by atoms with E-state index in [1.54, 1.807) is 12.1 Å². The minimum Gasteiger partial charge on any atom is -0.473 e. The van der Waals surface area contributed by atoms with Gasteiger partial charge in [-0.3, -0.25) is 4.79 Å². The van der Waals surface area contributed by atoms with E-state index < -0.39 is 5.91 Å². The molecule has 5 heteroatoms. The Morgan fingerprint density at radius 1 is 1.41 bits per heavy atom. The van der Waals surface area contributed by atoms with Crippen molar-refractivity contribution in [2.45, 2.75) is 37.8 Å². The fraction of sp³-hybridized carbons (Fsp3) is 0.500. The number of rotatable bonds is 3. The van der Waals surface area contributed by atoms with Gasteiger partial charge >= 0.3 is 0 Å². The molecular formula is C12H17N3O2. The first-order valence-corrected chi connectivity index (χ1v) is 5.85. The number of aromatic nitrogens is 1. The summed E-state index contributed by atoms with van der Waals surface area (Å²) in [5, 5.41) is 0. The van der Waals surface area contributed by atoms with Crippen LogP contribution in [0.1, 0.15) is 36.0 Å². The molecule has 17 heavy (non-hydrogen) atoms. The maximum Gasteiger partial charge on any atom is 0.248 e. The van der Waals surface area contributed by atoms with Crippen LogP contribution in [0.3, 0.4) is 0 Å². The molecule has 1 aliphatic carbocycles. The van der Waals surface area contributed by atoms with E-state index >= 15 is 0 Å². The van der Waals surface area contributed by atoms with Crippen molar-refractivity contribution < 1.29 is 9.53 Å². The van der Waals surface area contributed by atoms with Crippen molar-refractivity contribution in [1.82, 2.24) is 4.98 Å². The molecule has 1 aromatic rings. The number of amides is 1. The summed E-state index contributed by atoms with van der Waals surface area (Å²) >= 11 is 0. The van der Waals surface area contributed by atoms with Crippen molar-refractivity contribution in [3.63, 3.8) is 0 Å². The Hall–Kier alpha value is -1.62. The Labute approximate surface area is 100 Å². The van der Waals surface area contributed by atoms with Crippen LogP contribution in [0.4, 0.5) is 0 Å². The zero-order chi connectivity index (χ0) is 12.3. The molecular weight excluding hydrogens is 218 g/mol. The first kappa shape index (κ1) is 11.9. The van der Waals surface area contributed by atoms with Gasteiger partial charge in [-0.25, -0.2) is 4.98 Å². The first-order valence-electron chi connectivity index (χ1n) is 5.85. The number of nitrogens with two attached hydrogens (primary N) is 2. The van der Waals surface area contributed by atoms with Gasteiger partial charge in [-0.1, -0.05) is 6.42 Å². The Morgan fingerprint density at radius 2 is 2.18 bits per heavy atom. The number of hydrogen-bond acceptors (Lipinski definition) is 4. The van der Waals surface area contributed by atoms with Crippen LogP contribution in [-0.2, 0) is 0 Å². The maximum atomic E-state index is 11.0. The van der Waals surface area contributed by atoms with Crippen LogP contribution in [0.15, 0.2) is 18.3 Å². The summed E-state index contributed by atoms with van der Waals surface area (Å²) in [6, 6.07) is 3.17. The zero-order valence-corrected chi connectivity index (χ0v) is 9.63. The number of nitrogens with zero attached hydrogens (tertiary/aromatic N) is 1. The van der Waals surface area contributed by atoms with Crippen molar-refractivity contribution in [3.8, 4) is 5.88 Å². The average Bonchev–Trinajstić information content (AvgIpc) is 2.32. The molecule has 0 radical (unpaired) electrons. The summed E-state index contributed by atoms with van der Waals surface area (Å²) in [7, 11) is 0. The lowest BCUT2D eigenvalue weighted by Crippen LogP contribution is -2.41. The number of primary amides is 1. The molecule has 1 aliphatic rings. The van der Waals surface area contributed by atoms with E-state index in [1.165, 1.54) is 6.20 Å². The minimum atomic E-state index is -0.481. The summed E-state index contributed by atoms with van der Waals surface area (Å²) < 4.78 is 5.71. The van der Waals surface area contributed by atoms with Crippen molar-refractivity contribution >= 4 is 5.91 Å². The lowest BCUT2D eigenvalue weighted by Gasteiger charge is -2.28. The van der Waals surface area contributed by atoms with Crippen molar-refractivity contribution in [2.24, 2.45) is 11.5 Å². The SMILES string of the molecule is NC(=O)c1ccnc(OC2CCCCC2N)c1. The molecule has 0 aliphatic heterocycles. The Kier molecular flexibility index (Phi) is 3.58. The van der Waals surface area contributed by atoms with Gasteiger partial charge in [0.05, 0.1) is 0 Å². The predicted molar refractivity (Wildman–Crippen MR) is 63.6 cm³/mol. The van der Waals surface area contributed by atoms with Gasteiger partial charge in [-0.05, 0) is 25.3 Å². The zero-order valence-electron chi connectivity index (χ0n) is 9.63. The topological polar surface area (TPSA) is 91.2 Å². The van der Waals surface area contributed by atoms with Gasteiger partial charge < -0.3 is 16.2 Å². The van der Waals surface area contributed by atoms with Crippen LogP contribution < -0.4 is 16.2 Å². The lowest BCUT2D eigenvalue weighted by atomic mass is 9.93. The fourth-order valence-electron chi connectivity index (χ4n) is 2.05. The number of carbonyl (C=O) groups is 1. The minimum absolute atomic E-state index is 0.0145. The highest BCUT2D eigenvalue weighted by molar-refractivity contribution is 5.92. The number of ether oxygens (including phenoxy) is 1. The normalized spacial score (nSPS) is 24.3. The second-order valence-electron chi connectivity index (χ2n) is 4.35.